The van der Waals surface area contributed by atoms with Gasteiger partial charge in [0, 0.05) is 24.1 Å². The molecule has 0 bridgehead atoms. The van der Waals surface area contributed by atoms with Gasteiger partial charge in [-0.2, -0.15) is 0 Å². The van der Waals surface area contributed by atoms with Crippen molar-refractivity contribution in [2.45, 2.75) is 20.1 Å². The zero-order valence-electron chi connectivity index (χ0n) is 11.8. The fourth-order valence-corrected chi connectivity index (χ4v) is 2.00. The molecule has 0 aliphatic rings. The molecule has 5 nitrogen and oxygen atoms in total. The maximum absolute atomic E-state index is 12.1. The van der Waals surface area contributed by atoms with Gasteiger partial charge in [-0.05, 0) is 26.0 Å². The lowest BCUT2D eigenvalue weighted by molar-refractivity contribution is -0.131. The van der Waals surface area contributed by atoms with Crippen molar-refractivity contribution < 1.29 is 14.3 Å². The van der Waals surface area contributed by atoms with Gasteiger partial charge in [-0.25, -0.2) is 0 Å². The second-order valence-corrected chi connectivity index (χ2v) is 4.32. The molecule has 0 saturated carbocycles. The lowest BCUT2D eigenvalue weighted by Crippen LogP contribution is -2.35. The molecule has 1 heterocycles. The highest BCUT2D eigenvalue weighted by molar-refractivity contribution is 5.97. The number of nitrogens with one attached hydrogen (secondary N) is 2. The third-order valence-electron chi connectivity index (χ3n) is 2.91. The summed E-state index contributed by atoms with van der Waals surface area (Å²) in [6.07, 6.45) is -0.404. The molecular formula is C15H20N2O3. The Labute approximate surface area is 118 Å². The normalized spacial score (nSPS) is 11.2. The maximum Gasteiger partial charge on any atom is 0.267 e. The number of aromatic amines is 1. The summed E-state index contributed by atoms with van der Waals surface area (Å²) in [5, 5.41) is 3.83. The fourth-order valence-electron chi connectivity index (χ4n) is 2.00. The van der Waals surface area contributed by atoms with E-state index in [2.05, 4.69) is 10.3 Å². The quantitative estimate of drug-likeness (QED) is 0.763. The minimum atomic E-state index is -0.404. The van der Waals surface area contributed by atoms with Crippen LogP contribution in [-0.2, 0) is 9.47 Å². The fraction of sp³-hybridized carbons (Fsp3) is 0.400. The van der Waals surface area contributed by atoms with Crippen molar-refractivity contribution in [3.63, 3.8) is 0 Å². The molecule has 0 aliphatic carbocycles. The molecule has 1 amide bonds. The Hall–Kier alpha value is -1.85. The Bertz CT molecular complexity index is 526. The van der Waals surface area contributed by atoms with Crippen molar-refractivity contribution in [2.75, 3.05) is 19.8 Å². The summed E-state index contributed by atoms with van der Waals surface area (Å²) >= 11 is 0. The Morgan fingerprint density at radius 1 is 1.25 bits per heavy atom. The highest BCUT2D eigenvalue weighted by Gasteiger charge is 2.13. The van der Waals surface area contributed by atoms with Crippen LogP contribution >= 0.6 is 0 Å². The monoisotopic (exact) mass is 276 g/mol. The number of hydrogen-bond donors (Lipinski definition) is 2. The standard InChI is InChI=1S/C15H20N2O3/c1-3-19-14(20-4-2)10-16-15(18)13-9-11-7-5-6-8-12(11)17-13/h5-9,14,17H,3-4,10H2,1-2H3,(H,16,18). The molecule has 108 valence electrons. The van der Waals surface area contributed by atoms with Crippen LogP contribution in [0.4, 0.5) is 0 Å². The van der Waals surface area contributed by atoms with Crippen LogP contribution in [0.25, 0.3) is 10.9 Å². The number of carbonyl (C=O) groups is 1. The van der Waals surface area contributed by atoms with Crippen LogP contribution in [0.1, 0.15) is 24.3 Å². The second-order valence-electron chi connectivity index (χ2n) is 4.32. The van der Waals surface area contributed by atoms with Crippen LogP contribution in [0, 0.1) is 0 Å². The SMILES string of the molecule is CCOC(CNC(=O)c1cc2ccccc2[nH]1)OCC. The summed E-state index contributed by atoms with van der Waals surface area (Å²) in [4.78, 5) is 15.2. The number of fused-ring (bicyclic) bond motifs is 1. The van der Waals surface area contributed by atoms with Crippen molar-refractivity contribution in [1.29, 1.82) is 0 Å². The highest BCUT2D eigenvalue weighted by atomic mass is 16.7. The van der Waals surface area contributed by atoms with Crippen molar-refractivity contribution in [3.8, 4) is 0 Å². The van der Waals surface area contributed by atoms with Gasteiger partial charge >= 0.3 is 0 Å². The Morgan fingerprint density at radius 3 is 2.60 bits per heavy atom. The van der Waals surface area contributed by atoms with E-state index in [1.165, 1.54) is 0 Å². The predicted octanol–water partition coefficient (Wildman–Crippen LogP) is 2.30. The van der Waals surface area contributed by atoms with Crippen molar-refractivity contribution in [1.82, 2.24) is 10.3 Å². The predicted molar refractivity (Wildman–Crippen MR) is 77.7 cm³/mol. The molecule has 0 saturated heterocycles. The average molecular weight is 276 g/mol. The second kappa shape index (κ2) is 7.07. The number of aromatic nitrogens is 1. The number of carbonyl (C=O) groups excluding carboxylic acids is 1. The van der Waals surface area contributed by atoms with E-state index in [4.69, 9.17) is 9.47 Å². The average Bonchev–Trinajstić information content (AvgIpc) is 2.89. The molecule has 2 aromatic rings. The van der Waals surface area contributed by atoms with Gasteiger partial charge in [0.15, 0.2) is 6.29 Å². The van der Waals surface area contributed by atoms with Gasteiger partial charge in [0.2, 0.25) is 0 Å². The van der Waals surface area contributed by atoms with E-state index in [0.29, 0.717) is 25.5 Å². The van der Waals surface area contributed by atoms with E-state index in [0.717, 1.165) is 10.9 Å². The molecule has 20 heavy (non-hydrogen) atoms. The summed E-state index contributed by atoms with van der Waals surface area (Å²) in [6, 6.07) is 9.61. The molecule has 0 unspecified atom stereocenters. The first kappa shape index (κ1) is 14.6. The van der Waals surface area contributed by atoms with E-state index in [1.54, 1.807) is 0 Å². The van der Waals surface area contributed by atoms with E-state index in [1.807, 2.05) is 44.2 Å². The number of benzene rings is 1. The first-order valence-electron chi connectivity index (χ1n) is 6.83. The zero-order chi connectivity index (χ0) is 14.4. The summed E-state index contributed by atoms with van der Waals surface area (Å²) in [7, 11) is 0. The molecule has 0 fully saturated rings. The Morgan fingerprint density at radius 2 is 1.95 bits per heavy atom. The Balaban J connectivity index is 1.97. The molecule has 2 N–H and O–H groups in total. The topological polar surface area (TPSA) is 63.3 Å². The summed E-state index contributed by atoms with van der Waals surface area (Å²) in [5.41, 5.74) is 1.49. The molecule has 2 rings (SSSR count). The van der Waals surface area contributed by atoms with Crippen LogP contribution in [-0.4, -0.2) is 36.9 Å². The van der Waals surface area contributed by atoms with Gasteiger partial charge in [0.1, 0.15) is 5.69 Å². The molecule has 0 spiro atoms. The number of amides is 1. The van der Waals surface area contributed by atoms with Crippen LogP contribution in [0.5, 0.6) is 0 Å². The number of H-pyrrole nitrogens is 1. The molecule has 0 aliphatic heterocycles. The zero-order valence-corrected chi connectivity index (χ0v) is 11.8. The van der Waals surface area contributed by atoms with Crippen LogP contribution in [0.2, 0.25) is 0 Å². The number of hydrogen-bond acceptors (Lipinski definition) is 3. The third-order valence-corrected chi connectivity index (χ3v) is 2.91. The molecule has 1 aromatic carbocycles. The van der Waals surface area contributed by atoms with E-state index < -0.39 is 6.29 Å². The highest BCUT2D eigenvalue weighted by Crippen LogP contribution is 2.14. The molecule has 0 radical (unpaired) electrons. The van der Waals surface area contributed by atoms with E-state index >= 15 is 0 Å². The largest absolute Gasteiger partial charge is 0.351 e. The van der Waals surface area contributed by atoms with Crippen LogP contribution in [0.3, 0.4) is 0 Å². The minimum absolute atomic E-state index is 0.161. The number of rotatable bonds is 7. The molecular weight excluding hydrogens is 256 g/mol. The van der Waals surface area contributed by atoms with Crippen molar-refractivity contribution in [2.24, 2.45) is 0 Å². The van der Waals surface area contributed by atoms with Gasteiger partial charge < -0.3 is 19.8 Å². The third kappa shape index (κ3) is 3.59. The van der Waals surface area contributed by atoms with Crippen LogP contribution < -0.4 is 5.32 Å². The van der Waals surface area contributed by atoms with Gasteiger partial charge in [-0.3, -0.25) is 4.79 Å². The maximum atomic E-state index is 12.1. The van der Waals surface area contributed by atoms with Gasteiger partial charge in [0.05, 0.1) is 6.54 Å². The van der Waals surface area contributed by atoms with Crippen molar-refractivity contribution in [3.05, 3.63) is 36.0 Å². The van der Waals surface area contributed by atoms with Crippen LogP contribution in [0.15, 0.2) is 30.3 Å². The summed E-state index contributed by atoms with van der Waals surface area (Å²) in [6.45, 7) is 5.22. The number of para-hydroxylation sites is 1. The molecule has 5 heteroatoms. The lowest BCUT2D eigenvalue weighted by Gasteiger charge is -2.17. The smallest absolute Gasteiger partial charge is 0.267 e. The first-order chi connectivity index (χ1) is 9.74. The van der Waals surface area contributed by atoms with Crippen molar-refractivity contribution >= 4 is 16.8 Å². The number of ether oxygens (including phenoxy) is 2. The van der Waals surface area contributed by atoms with Gasteiger partial charge in [-0.15, -0.1) is 0 Å². The van der Waals surface area contributed by atoms with E-state index in [-0.39, 0.29) is 5.91 Å². The molecule has 0 atom stereocenters. The Kier molecular flexibility index (Phi) is 5.15. The van der Waals surface area contributed by atoms with Gasteiger partial charge in [0.25, 0.3) is 5.91 Å². The molecule has 1 aromatic heterocycles. The van der Waals surface area contributed by atoms with Gasteiger partial charge in [-0.1, -0.05) is 18.2 Å². The van der Waals surface area contributed by atoms with E-state index in [9.17, 15) is 4.79 Å². The minimum Gasteiger partial charge on any atom is -0.351 e. The lowest BCUT2D eigenvalue weighted by atomic mass is 10.2. The summed E-state index contributed by atoms with van der Waals surface area (Å²) in [5.74, 6) is -0.161. The first-order valence-corrected chi connectivity index (χ1v) is 6.83. The summed E-state index contributed by atoms with van der Waals surface area (Å²) < 4.78 is 10.8.